The molecule has 1 amide bonds. The Bertz CT molecular complexity index is 952. The zero-order chi connectivity index (χ0) is 21.6. The standard InChI is InChI=1S/C25H34N2O4/c1-2-3-7-18-14-25(29)31-23-15-20(10-11-21(18)23)30-17-24(28)26-16-19-8-6-13-27-12-5-4-9-22(19)27/h10-11,14-15,19,22H,2-9,12-13,16-17H2,1H3,(H,26,28)/t19-,22+/m0/s1. The summed E-state index contributed by atoms with van der Waals surface area (Å²) in [4.78, 5) is 26.9. The third kappa shape index (κ3) is 5.48. The quantitative estimate of drug-likeness (QED) is 0.649. The number of aryl methyl sites for hydroxylation is 1. The van der Waals surface area contributed by atoms with E-state index in [4.69, 9.17) is 9.15 Å². The van der Waals surface area contributed by atoms with Crippen LogP contribution in [0, 0.1) is 5.92 Å². The van der Waals surface area contributed by atoms with Gasteiger partial charge in [-0.3, -0.25) is 4.79 Å². The normalized spacial score (nSPS) is 21.6. The van der Waals surface area contributed by atoms with Crippen molar-refractivity contribution in [2.75, 3.05) is 26.2 Å². The Morgan fingerprint density at radius 1 is 1.19 bits per heavy atom. The van der Waals surface area contributed by atoms with E-state index in [2.05, 4.69) is 17.1 Å². The third-order valence-electron chi connectivity index (χ3n) is 6.76. The highest BCUT2D eigenvalue weighted by Crippen LogP contribution is 2.30. The number of fused-ring (bicyclic) bond motifs is 2. The lowest BCUT2D eigenvalue weighted by Crippen LogP contribution is -2.51. The van der Waals surface area contributed by atoms with Crippen molar-refractivity contribution in [2.45, 2.75) is 64.3 Å². The highest BCUT2D eigenvalue weighted by atomic mass is 16.5. The molecule has 0 saturated carbocycles. The Labute approximate surface area is 183 Å². The highest BCUT2D eigenvalue weighted by molar-refractivity contribution is 5.82. The first-order valence-corrected chi connectivity index (χ1v) is 11.8. The number of hydrogen-bond acceptors (Lipinski definition) is 5. The summed E-state index contributed by atoms with van der Waals surface area (Å²) in [7, 11) is 0. The molecule has 168 valence electrons. The molecule has 1 N–H and O–H groups in total. The maximum Gasteiger partial charge on any atom is 0.336 e. The van der Waals surface area contributed by atoms with Gasteiger partial charge in [-0.1, -0.05) is 19.8 Å². The van der Waals surface area contributed by atoms with Crippen LogP contribution in [-0.2, 0) is 11.2 Å². The van der Waals surface area contributed by atoms with Crippen LogP contribution < -0.4 is 15.7 Å². The van der Waals surface area contributed by atoms with Gasteiger partial charge in [0.05, 0.1) is 0 Å². The topological polar surface area (TPSA) is 71.8 Å². The molecule has 3 heterocycles. The average Bonchev–Trinajstić information content (AvgIpc) is 2.79. The van der Waals surface area contributed by atoms with Gasteiger partial charge in [0.15, 0.2) is 6.61 Å². The van der Waals surface area contributed by atoms with E-state index in [0.717, 1.165) is 36.8 Å². The molecule has 6 nitrogen and oxygen atoms in total. The molecule has 6 heteroatoms. The number of carbonyl (C=O) groups excluding carboxylic acids is 1. The monoisotopic (exact) mass is 426 g/mol. The smallest absolute Gasteiger partial charge is 0.336 e. The van der Waals surface area contributed by atoms with Crippen molar-refractivity contribution >= 4 is 16.9 Å². The van der Waals surface area contributed by atoms with E-state index >= 15 is 0 Å². The number of rotatable bonds is 8. The Morgan fingerprint density at radius 3 is 2.94 bits per heavy atom. The molecule has 2 aliphatic heterocycles. The van der Waals surface area contributed by atoms with Crippen molar-refractivity contribution in [3.05, 3.63) is 40.2 Å². The van der Waals surface area contributed by atoms with Crippen molar-refractivity contribution in [1.82, 2.24) is 10.2 Å². The SMILES string of the molecule is CCCCc1cc(=O)oc2cc(OCC(=O)NC[C@@H]3CCCN4CCCC[C@H]34)ccc12. The van der Waals surface area contributed by atoms with Crippen molar-refractivity contribution in [3.8, 4) is 5.75 Å². The maximum absolute atomic E-state index is 12.4. The molecule has 0 spiro atoms. The molecule has 2 saturated heterocycles. The minimum Gasteiger partial charge on any atom is -0.484 e. The first-order valence-electron chi connectivity index (χ1n) is 11.8. The Balaban J connectivity index is 1.32. The van der Waals surface area contributed by atoms with Gasteiger partial charge in [0.2, 0.25) is 0 Å². The van der Waals surface area contributed by atoms with Crippen LogP contribution in [-0.4, -0.2) is 43.1 Å². The van der Waals surface area contributed by atoms with Crippen LogP contribution in [0.4, 0.5) is 0 Å². The summed E-state index contributed by atoms with van der Waals surface area (Å²) in [6.45, 7) is 5.22. The van der Waals surface area contributed by atoms with E-state index in [1.807, 2.05) is 12.1 Å². The molecule has 1 aromatic heterocycles. The van der Waals surface area contributed by atoms with E-state index in [1.54, 1.807) is 12.1 Å². The largest absolute Gasteiger partial charge is 0.484 e. The fraction of sp³-hybridized carbons (Fsp3) is 0.600. The number of carbonyl (C=O) groups is 1. The van der Waals surface area contributed by atoms with Crippen LogP contribution in [0.5, 0.6) is 5.75 Å². The summed E-state index contributed by atoms with van der Waals surface area (Å²) in [5.41, 5.74) is 1.16. The molecule has 0 aliphatic carbocycles. The predicted octanol–water partition coefficient (Wildman–Crippen LogP) is 3.90. The van der Waals surface area contributed by atoms with E-state index in [9.17, 15) is 9.59 Å². The Hall–Kier alpha value is -2.34. The van der Waals surface area contributed by atoms with Crippen LogP contribution in [0.1, 0.15) is 57.4 Å². The number of nitrogens with one attached hydrogen (secondary N) is 1. The molecule has 0 unspecified atom stereocenters. The number of ether oxygens (including phenoxy) is 1. The number of unbranched alkanes of at least 4 members (excludes halogenated alkanes) is 1. The van der Waals surface area contributed by atoms with Gasteiger partial charge in [-0.15, -0.1) is 0 Å². The predicted molar refractivity (Wildman–Crippen MR) is 122 cm³/mol. The molecule has 1 aromatic carbocycles. The van der Waals surface area contributed by atoms with Gasteiger partial charge in [-0.05, 0) is 75.2 Å². The van der Waals surface area contributed by atoms with E-state index in [0.29, 0.717) is 23.3 Å². The van der Waals surface area contributed by atoms with Gasteiger partial charge < -0.3 is 19.4 Å². The number of benzene rings is 1. The highest BCUT2D eigenvalue weighted by Gasteiger charge is 2.32. The Morgan fingerprint density at radius 2 is 2.06 bits per heavy atom. The molecule has 2 fully saturated rings. The van der Waals surface area contributed by atoms with Gasteiger partial charge in [-0.2, -0.15) is 0 Å². The summed E-state index contributed by atoms with van der Waals surface area (Å²) in [6.07, 6.45) is 9.19. The van der Waals surface area contributed by atoms with E-state index in [1.165, 1.54) is 45.2 Å². The second-order valence-electron chi connectivity index (χ2n) is 8.95. The van der Waals surface area contributed by atoms with Crippen LogP contribution in [0.15, 0.2) is 33.5 Å². The first-order chi connectivity index (χ1) is 15.1. The van der Waals surface area contributed by atoms with Crippen molar-refractivity contribution in [2.24, 2.45) is 5.92 Å². The molecule has 2 aliphatic rings. The summed E-state index contributed by atoms with van der Waals surface area (Å²) < 4.78 is 11.1. The lowest BCUT2D eigenvalue weighted by atomic mass is 9.83. The molecule has 31 heavy (non-hydrogen) atoms. The summed E-state index contributed by atoms with van der Waals surface area (Å²) in [5, 5.41) is 4.00. The molecular weight excluding hydrogens is 392 g/mol. The second-order valence-corrected chi connectivity index (χ2v) is 8.95. The van der Waals surface area contributed by atoms with Crippen molar-refractivity contribution in [3.63, 3.8) is 0 Å². The average molecular weight is 427 g/mol. The molecule has 2 atom stereocenters. The van der Waals surface area contributed by atoms with Gasteiger partial charge in [-0.25, -0.2) is 4.79 Å². The van der Waals surface area contributed by atoms with Crippen LogP contribution in [0.2, 0.25) is 0 Å². The van der Waals surface area contributed by atoms with E-state index < -0.39 is 0 Å². The van der Waals surface area contributed by atoms with Gasteiger partial charge in [0, 0.05) is 30.1 Å². The van der Waals surface area contributed by atoms with E-state index in [-0.39, 0.29) is 18.1 Å². The summed E-state index contributed by atoms with van der Waals surface area (Å²) in [5.74, 6) is 0.968. The molecule has 0 radical (unpaired) electrons. The fourth-order valence-electron chi connectivity index (χ4n) is 5.13. The molecular formula is C25H34N2O4. The Kier molecular flexibility index (Phi) is 7.28. The number of nitrogens with zero attached hydrogens (tertiary/aromatic N) is 1. The van der Waals surface area contributed by atoms with Crippen molar-refractivity contribution in [1.29, 1.82) is 0 Å². The maximum atomic E-state index is 12.4. The number of amides is 1. The zero-order valence-corrected chi connectivity index (χ0v) is 18.5. The van der Waals surface area contributed by atoms with Gasteiger partial charge in [0.1, 0.15) is 11.3 Å². The fourth-order valence-corrected chi connectivity index (χ4v) is 5.13. The lowest BCUT2D eigenvalue weighted by molar-refractivity contribution is -0.123. The lowest BCUT2D eigenvalue weighted by Gasteiger charge is -2.44. The molecule has 2 aromatic rings. The number of piperidine rings is 2. The second kappa shape index (κ2) is 10.3. The van der Waals surface area contributed by atoms with Crippen LogP contribution >= 0.6 is 0 Å². The van der Waals surface area contributed by atoms with Gasteiger partial charge in [0.25, 0.3) is 5.91 Å². The van der Waals surface area contributed by atoms with Gasteiger partial charge >= 0.3 is 5.63 Å². The first kappa shape index (κ1) is 21.9. The minimum atomic E-state index is -0.349. The molecule has 4 rings (SSSR count). The number of hydrogen-bond donors (Lipinski definition) is 1. The summed E-state index contributed by atoms with van der Waals surface area (Å²) >= 11 is 0. The minimum absolute atomic E-state index is 0.0354. The van der Waals surface area contributed by atoms with Crippen molar-refractivity contribution < 1.29 is 13.9 Å². The van der Waals surface area contributed by atoms with Crippen LogP contribution in [0.25, 0.3) is 11.0 Å². The van der Waals surface area contributed by atoms with Crippen LogP contribution in [0.3, 0.4) is 0 Å². The summed E-state index contributed by atoms with van der Waals surface area (Å²) in [6, 6.07) is 7.65. The molecule has 0 bridgehead atoms. The zero-order valence-electron chi connectivity index (χ0n) is 18.5. The third-order valence-corrected chi connectivity index (χ3v) is 6.76.